The number of ether oxygens (including phenoxy) is 4. The van der Waals surface area contributed by atoms with Crippen LogP contribution in [0.4, 0.5) is 0 Å². The van der Waals surface area contributed by atoms with E-state index in [2.05, 4.69) is 77.8 Å². The SMILES string of the molecule is O=c1ccn2c(n1)OC1C(OC(c3ccccc3)(c3ccccc3)c3ccccc3)C(COC(c3ccccc3)(c3ccccc3)c3ccccc3)OC12. The number of hydrogen-bond donors (Lipinski definition) is 0. The van der Waals surface area contributed by atoms with Gasteiger partial charge in [-0.1, -0.05) is 182 Å². The third kappa shape index (κ3) is 5.83. The maximum absolute atomic E-state index is 12.4. The predicted octanol–water partition coefficient (Wildman–Crippen LogP) is 8.29. The lowest BCUT2D eigenvalue weighted by molar-refractivity contribution is -0.133. The maximum Gasteiger partial charge on any atom is 0.302 e. The van der Waals surface area contributed by atoms with Crippen molar-refractivity contribution in [2.75, 3.05) is 6.61 Å². The van der Waals surface area contributed by atoms with Gasteiger partial charge in [-0.2, -0.15) is 4.98 Å². The molecule has 1 saturated heterocycles. The van der Waals surface area contributed by atoms with Gasteiger partial charge in [-0.25, -0.2) is 0 Å². The van der Waals surface area contributed by atoms with Crippen molar-refractivity contribution in [1.29, 1.82) is 0 Å². The second kappa shape index (κ2) is 14.4. The van der Waals surface area contributed by atoms with Crippen molar-refractivity contribution in [2.45, 2.75) is 35.7 Å². The van der Waals surface area contributed by atoms with E-state index in [1.54, 1.807) is 10.8 Å². The molecule has 4 unspecified atom stereocenters. The summed E-state index contributed by atoms with van der Waals surface area (Å²) in [6.07, 6.45) is -0.920. The molecule has 6 aromatic carbocycles. The summed E-state index contributed by atoms with van der Waals surface area (Å²) in [6, 6.07) is 63.2. The normalized spacial score (nSPS) is 19.1. The van der Waals surface area contributed by atoms with Gasteiger partial charge >= 0.3 is 6.01 Å². The molecular formula is C47H38N2O5. The van der Waals surface area contributed by atoms with Gasteiger partial charge in [-0.15, -0.1) is 0 Å². The number of hydrogen-bond acceptors (Lipinski definition) is 6. The molecule has 1 aromatic heterocycles. The first-order valence-corrected chi connectivity index (χ1v) is 18.2. The number of nitrogens with zero attached hydrogens (tertiary/aromatic N) is 2. The maximum atomic E-state index is 12.4. The molecule has 7 heteroatoms. The molecule has 0 radical (unpaired) electrons. The summed E-state index contributed by atoms with van der Waals surface area (Å²) < 4.78 is 30.3. The molecule has 54 heavy (non-hydrogen) atoms. The Kier molecular flexibility index (Phi) is 8.97. The van der Waals surface area contributed by atoms with Crippen LogP contribution in [0.3, 0.4) is 0 Å². The molecular weight excluding hydrogens is 673 g/mol. The van der Waals surface area contributed by atoms with Gasteiger partial charge in [-0.05, 0) is 33.4 Å². The summed E-state index contributed by atoms with van der Waals surface area (Å²) in [5.74, 6) is 0. The van der Waals surface area contributed by atoms with Crippen molar-refractivity contribution in [3.63, 3.8) is 0 Å². The van der Waals surface area contributed by atoms with Gasteiger partial charge in [0.1, 0.15) is 23.4 Å². The van der Waals surface area contributed by atoms with E-state index in [0.717, 1.165) is 33.4 Å². The Bertz CT molecular complexity index is 2170. The number of fused-ring (bicyclic) bond motifs is 3. The Hall–Kier alpha value is -6.12. The van der Waals surface area contributed by atoms with Crippen molar-refractivity contribution in [3.8, 4) is 6.01 Å². The van der Waals surface area contributed by atoms with Crippen LogP contribution in [0.5, 0.6) is 6.01 Å². The summed E-state index contributed by atoms with van der Waals surface area (Å²) in [7, 11) is 0. The Balaban J connectivity index is 1.20. The van der Waals surface area contributed by atoms with Crippen molar-refractivity contribution in [3.05, 3.63) is 238 Å². The quantitative estimate of drug-likeness (QED) is 0.126. The molecule has 2 aliphatic heterocycles. The fourth-order valence-electron chi connectivity index (χ4n) is 8.04. The second-order valence-corrected chi connectivity index (χ2v) is 13.6. The van der Waals surface area contributed by atoms with Crippen molar-refractivity contribution in [2.24, 2.45) is 0 Å². The van der Waals surface area contributed by atoms with Crippen LogP contribution in [0, 0.1) is 0 Å². The zero-order chi connectivity index (χ0) is 36.4. The first-order valence-electron chi connectivity index (χ1n) is 18.2. The molecule has 0 N–H and O–H groups in total. The smallest absolute Gasteiger partial charge is 0.302 e. The lowest BCUT2D eigenvalue weighted by Crippen LogP contribution is -2.47. The fourth-order valence-corrected chi connectivity index (χ4v) is 8.04. The lowest BCUT2D eigenvalue weighted by atomic mass is 9.79. The second-order valence-electron chi connectivity index (χ2n) is 13.6. The molecule has 266 valence electrons. The number of benzene rings is 6. The van der Waals surface area contributed by atoms with Crippen LogP contribution in [0.25, 0.3) is 0 Å². The van der Waals surface area contributed by atoms with Gasteiger partial charge in [0.25, 0.3) is 5.56 Å². The summed E-state index contributed by atoms with van der Waals surface area (Å²) >= 11 is 0. The molecule has 7 aromatic rings. The molecule has 4 atom stereocenters. The molecule has 0 aliphatic carbocycles. The van der Waals surface area contributed by atoms with E-state index in [4.69, 9.17) is 18.9 Å². The van der Waals surface area contributed by atoms with Crippen LogP contribution in [-0.2, 0) is 25.4 Å². The Morgan fingerprint density at radius 1 is 0.537 bits per heavy atom. The average Bonchev–Trinajstić information content (AvgIpc) is 3.77. The minimum Gasteiger partial charge on any atom is -0.453 e. The number of aromatic nitrogens is 2. The topological polar surface area (TPSA) is 71.8 Å². The van der Waals surface area contributed by atoms with Crippen LogP contribution in [-0.4, -0.2) is 34.5 Å². The zero-order valence-corrected chi connectivity index (χ0v) is 29.4. The first-order chi connectivity index (χ1) is 26.7. The van der Waals surface area contributed by atoms with Gasteiger partial charge in [0.15, 0.2) is 12.3 Å². The molecule has 0 amide bonds. The molecule has 0 saturated carbocycles. The molecule has 9 rings (SSSR count). The molecule has 3 heterocycles. The highest BCUT2D eigenvalue weighted by molar-refractivity contribution is 5.49. The Labute approximate surface area is 314 Å². The molecule has 0 bridgehead atoms. The lowest BCUT2D eigenvalue weighted by Gasteiger charge is -2.41. The number of rotatable bonds is 11. The average molecular weight is 711 g/mol. The zero-order valence-electron chi connectivity index (χ0n) is 29.4. The van der Waals surface area contributed by atoms with Crippen LogP contribution < -0.4 is 10.3 Å². The van der Waals surface area contributed by atoms with E-state index in [0.29, 0.717) is 0 Å². The predicted molar refractivity (Wildman–Crippen MR) is 206 cm³/mol. The van der Waals surface area contributed by atoms with E-state index in [9.17, 15) is 4.79 Å². The van der Waals surface area contributed by atoms with Crippen LogP contribution in [0.1, 0.15) is 39.6 Å². The largest absolute Gasteiger partial charge is 0.453 e. The Morgan fingerprint density at radius 3 is 1.33 bits per heavy atom. The Morgan fingerprint density at radius 2 is 0.926 bits per heavy atom. The van der Waals surface area contributed by atoms with Gasteiger partial charge in [-0.3, -0.25) is 9.36 Å². The van der Waals surface area contributed by atoms with Crippen molar-refractivity contribution >= 4 is 0 Å². The molecule has 0 spiro atoms. The highest BCUT2D eigenvalue weighted by atomic mass is 16.7. The summed E-state index contributed by atoms with van der Waals surface area (Å²) in [6.45, 7) is 0.136. The van der Waals surface area contributed by atoms with Crippen LogP contribution >= 0.6 is 0 Å². The fraction of sp³-hybridized carbons (Fsp3) is 0.149. The highest BCUT2D eigenvalue weighted by Gasteiger charge is 2.56. The summed E-state index contributed by atoms with van der Waals surface area (Å²) in [5.41, 5.74) is 3.32. The first kappa shape index (κ1) is 33.7. The van der Waals surface area contributed by atoms with Gasteiger partial charge in [0.2, 0.25) is 0 Å². The van der Waals surface area contributed by atoms with Crippen LogP contribution in [0.15, 0.2) is 199 Å². The molecule has 7 nitrogen and oxygen atoms in total. The van der Waals surface area contributed by atoms with Gasteiger partial charge in [0, 0.05) is 12.3 Å². The molecule has 2 aliphatic rings. The van der Waals surface area contributed by atoms with Gasteiger partial charge in [0.05, 0.1) is 6.61 Å². The van der Waals surface area contributed by atoms with E-state index >= 15 is 0 Å². The summed E-state index contributed by atoms with van der Waals surface area (Å²) in [4.78, 5) is 16.6. The van der Waals surface area contributed by atoms with E-state index in [-0.39, 0.29) is 18.2 Å². The minimum absolute atomic E-state index is 0.136. The minimum atomic E-state index is -1.08. The summed E-state index contributed by atoms with van der Waals surface area (Å²) in [5, 5.41) is 0. The molecule has 1 fully saturated rings. The van der Waals surface area contributed by atoms with E-state index in [1.165, 1.54) is 6.07 Å². The monoisotopic (exact) mass is 710 g/mol. The standard InChI is InChI=1S/C47H38N2O5/c50-41-31-32-49-44-43(53-45(49)48-41)42(54-47(37-25-13-4-14-26-37,38-27-15-5-16-28-38)39-29-17-6-18-30-39)40(52-44)33-51-46(34-19-7-1-8-20-34,35-21-9-2-10-22-35)36-23-11-3-12-24-36/h1-32,40,42-44H,33H2. The van der Waals surface area contributed by atoms with Crippen molar-refractivity contribution in [1.82, 2.24) is 9.55 Å². The van der Waals surface area contributed by atoms with E-state index < -0.39 is 35.7 Å². The van der Waals surface area contributed by atoms with Crippen molar-refractivity contribution < 1.29 is 18.9 Å². The third-order valence-corrected chi connectivity index (χ3v) is 10.5. The third-order valence-electron chi connectivity index (χ3n) is 10.5. The highest BCUT2D eigenvalue weighted by Crippen LogP contribution is 2.49. The van der Waals surface area contributed by atoms with E-state index in [1.807, 2.05) is 109 Å². The van der Waals surface area contributed by atoms with Gasteiger partial charge < -0.3 is 18.9 Å². The van der Waals surface area contributed by atoms with Crippen LogP contribution in [0.2, 0.25) is 0 Å².